The lowest BCUT2D eigenvalue weighted by atomic mass is 9.69. The van der Waals surface area contributed by atoms with Crippen molar-refractivity contribution in [1.82, 2.24) is 0 Å². The Kier molecular flexibility index (Phi) is 7.72. The number of hydrogen-bond donors (Lipinski definition) is 0. The maximum atomic E-state index is 10.9. The molecule has 0 aliphatic carbocycles. The van der Waals surface area contributed by atoms with Crippen LogP contribution in [0.15, 0.2) is 36.9 Å². The van der Waals surface area contributed by atoms with Gasteiger partial charge in [0, 0.05) is 12.5 Å². The first kappa shape index (κ1) is 21.3. The molecule has 0 saturated heterocycles. The number of ether oxygens (including phenoxy) is 2. The Balaban J connectivity index is 2.61. The van der Waals surface area contributed by atoms with Crippen LogP contribution in [0.5, 0.6) is 5.75 Å². The van der Waals surface area contributed by atoms with Gasteiger partial charge in [-0.1, -0.05) is 60.3 Å². The molecule has 0 aromatic heterocycles. The highest BCUT2D eigenvalue weighted by Crippen LogP contribution is 2.43. The fourth-order valence-corrected chi connectivity index (χ4v) is 2.81. The Bertz CT molecular complexity index is 544. The molecule has 1 aromatic rings. The van der Waals surface area contributed by atoms with Gasteiger partial charge in [-0.15, -0.1) is 0 Å². The van der Waals surface area contributed by atoms with Crippen molar-refractivity contribution >= 4 is 5.97 Å². The molecule has 0 bridgehead atoms. The van der Waals surface area contributed by atoms with E-state index in [2.05, 4.69) is 60.3 Å². The number of rotatable bonds is 8. The maximum absolute atomic E-state index is 10.9. The van der Waals surface area contributed by atoms with Crippen LogP contribution in [-0.4, -0.2) is 19.2 Å². The molecule has 0 aliphatic heterocycles. The summed E-state index contributed by atoms with van der Waals surface area (Å²) in [5.41, 5.74) is 1.86. The molecule has 0 N–H and O–H groups in total. The highest BCUT2D eigenvalue weighted by molar-refractivity contribution is 5.81. The molecule has 1 atom stereocenters. The maximum Gasteiger partial charge on any atom is 0.330 e. The highest BCUT2D eigenvalue weighted by Gasteiger charge is 2.30. The minimum Gasteiger partial charge on any atom is -0.493 e. The van der Waals surface area contributed by atoms with Crippen LogP contribution in [-0.2, 0) is 9.53 Å². The zero-order valence-corrected chi connectivity index (χ0v) is 16.7. The van der Waals surface area contributed by atoms with E-state index in [-0.39, 0.29) is 10.8 Å². The van der Waals surface area contributed by atoms with Gasteiger partial charge < -0.3 is 9.47 Å². The Hall–Kier alpha value is -1.77. The number of hydrogen-bond acceptors (Lipinski definition) is 3. The first-order chi connectivity index (χ1) is 11.5. The van der Waals surface area contributed by atoms with Gasteiger partial charge in [-0.05, 0) is 40.9 Å². The Morgan fingerprint density at radius 2 is 1.68 bits per heavy atom. The minimum atomic E-state index is -0.392. The van der Waals surface area contributed by atoms with Crippen LogP contribution in [0, 0.1) is 10.8 Å². The Morgan fingerprint density at radius 3 is 2.16 bits per heavy atom. The third kappa shape index (κ3) is 8.24. The third-order valence-electron chi connectivity index (χ3n) is 4.11. The molecular weight excluding hydrogens is 312 g/mol. The van der Waals surface area contributed by atoms with Gasteiger partial charge in [0.2, 0.25) is 0 Å². The number of esters is 1. The van der Waals surface area contributed by atoms with Crippen molar-refractivity contribution in [3.8, 4) is 5.75 Å². The molecule has 3 heteroatoms. The summed E-state index contributed by atoms with van der Waals surface area (Å²) in [5.74, 6) is 0.957. The van der Waals surface area contributed by atoms with Crippen LogP contribution in [0.3, 0.4) is 0 Å². The zero-order valence-electron chi connectivity index (χ0n) is 16.7. The van der Waals surface area contributed by atoms with E-state index in [4.69, 9.17) is 9.47 Å². The normalized spacial score (nSPS) is 13.2. The molecule has 0 saturated carbocycles. The predicted octanol–water partition coefficient (Wildman–Crippen LogP) is 5.75. The van der Waals surface area contributed by atoms with E-state index in [9.17, 15) is 4.79 Å². The second-order valence-corrected chi connectivity index (χ2v) is 8.83. The first-order valence-electron chi connectivity index (χ1n) is 9.05. The monoisotopic (exact) mass is 346 g/mol. The average molecular weight is 347 g/mol. The number of carbonyl (C=O) groups is 1. The first-order valence-corrected chi connectivity index (χ1v) is 9.05. The topological polar surface area (TPSA) is 35.5 Å². The lowest BCUT2D eigenvalue weighted by molar-refractivity contribution is -0.137. The third-order valence-corrected chi connectivity index (χ3v) is 4.11. The van der Waals surface area contributed by atoms with Gasteiger partial charge in [0.05, 0.1) is 13.2 Å². The number of benzene rings is 1. The van der Waals surface area contributed by atoms with E-state index >= 15 is 0 Å². The van der Waals surface area contributed by atoms with Gasteiger partial charge in [-0.25, -0.2) is 4.79 Å². The molecule has 0 fully saturated rings. The minimum absolute atomic E-state index is 0.213. The van der Waals surface area contributed by atoms with Gasteiger partial charge in [-0.3, -0.25) is 0 Å². The summed E-state index contributed by atoms with van der Waals surface area (Å²) in [6, 6.07) is 8.42. The van der Waals surface area contributed by atoms with Crippen molar-refractivity contribution in [3.63, 3.8) is 0 Å². The summed E-state index contributed by atoms with van der Waals surface area (Å²) in [4.78, 5) is 10.9. The van der Waals surface area contributed by atoms with Crippen LogP contribution < -0.4 is 4.74 Å². The lowest BCUT2D eigenvalue weighted by Crippen LogP contribution is -2.23. The predicted molar refractivity (Wildman–Crippen MR) is 104 cm³/mol. The van der Waals surface area contributed by atoms with E-state index < -0.39 is 5.97 Å². The molecule has 0 radical (unpaired) electrons. The quantitative estimate of drug-likeness (QED) is 0.341. The van der Waals surface area contributed by atoms with E-state index in [0.29, 0.717) is 25.6 Å². The van der Waals surface area contributed by atoms with Gasteiger partial charge >= 0.3 is 5.97 Å². The summed E-state index contributed by atoms with van der Waals surface area (Å²) in [5, 5.41) is 0. The molecule has 3 nitrogen and oxygen atoms in total. The highest BCUT2D eigenvalue weighted by atomic mass is 16.5. The van der Waals surface area contributed by atoms with E-state index in [1.165, 1.54) is 11.6 Å². The molecule has 0 aliphatic rings. The fraction of sp³-hybridized carbons (Fsp3) is 0.591. The van der Waals surface area contributed by atoms with Gasteiger partial charge in [-0.2, -0.15) is 0 Å². The van der Waals surface area contributed by atoms with Crippen molar-refractivity contribution in [2.45, 2.75) is 60.3 Å². The summed E-state index contributed by atoms with van der Waals surface area (Å²) in [7, 11) is 0. The molecule has 1 unspecified atom stereocenters. The smallest absolute Gasteiger partial charge is 0.330 e. The molecule has 0 spiro atoms. The van der Waals surface area contributed by atoms with E-state index in [1.54, 1.807) is 0 Å². The summed E-state index contributed by atoms with van der Waals surface area (Å²) in [6.07, 6.45) is 2.98. The zero-order chi connectivity index (χ0) is 19.1. The second-order valence-electron chi connectivity index (χ2n) is 8.83. The van der Waals surface area contributed by atoms with E-state index in [0.717, 1.165) is 12.2 Å². The van der Waals surface area contributed by atoms with E-state index in [1.807, 2.05) is 12.1 Å². The largest absolute Gasteiger partial charge is 0.493 e. The van der Waals surface area contributed by atoms with Crippen molar-refractivity contribution in [1.29, 1.82) is 0 Å². The number of carbonyl (C=O) groups excluding carboxylic acids is 1. The van der Waals surface area contributed by atoms with Crippen LogP contribution in [0.2, 0.25) is 0 Å². The van der Waals surface area contributed by atoms with Crippen molar-refractivity contribution < 1.29 is 14.3 Å². The molecule has 25 heavy (non-hydrogen) atoms. The standard InChI is InChI=1S/C22H34O3/c1-8-20(23)25-15-9-14-24-18-12-10-17(11-13-18)19(22(5,6)7)16-21(2,3)4/h8,10-13,19H,1,9,14-16H2,2-7H3. The van der Waals surface area contributed by atoms with Gasteiger partial charge in [0.15, 0.2) is 0 Å². The SMILES string of the molecule is C=CC(=O)OCCCOc1ccc(C(CC(C)(C)C)C(C)(C)C)cc1. The molecule has 1 rings (SSSR count). The van der Waals surface area contributed by atoms with Gasteiger partial charge in [0.25, 0.3) is 0 Å². The molecule has 0 heterocycles. The lowest BCUT2D eigenvalue weighted by Gasteiger charge is -2.36. The molecular formula is C22H34O3. The molecule has 0 amide bonds. The molecule has 1 aromatic carbocycles. The van der Waals surface area contributed by atoms with Crippen LogP contribution in [0.1, 0.15) is 65.9 Å². The average Bonchev–Trinajstić information content (AvgIpc) is 2.51. The van der Waals surface area contributed by atoms with Crippen LogP contribution in [0.25, 0.3) is 0 Å². The fourth-order valence-electron chi connectivity index (χ4n) is 2.81. The second kappa shape index (κ2) is 9.07. The molecule has 140 valence electrons. The van der Waals surface area contributed by atoms with Gasteiger partial charge in [0.1, 0.15) is 5.75 Å². The Morgan fingerprint density at radius 1 is 1.08 bits per heavy atom. The van der Waals surface area contributed by atoms with Crippen LogP contribution >= 0.6 is 0 Å². The van der Waals surface area contributed by atoms with Crippen molar-refractivity contribution in [2.75, 3.05) is 13.2 Å². The van der Waals surface area contributed by atoms with Crippen molar-refractivity contribution in [2.24, 2.45) is 10.8 Å². The Labute approximate surface area is 153 Å². The summed E-state index contributed by atoms with van der Waals surface area (Å²) in [6.45, 7) is 18.0. The van der Waals surface area contributed by atoms with Crippen LogP contribution in [0.4, 0.5) is 0 Å². The summed E-state index contributed by atoms with van der Waals surface area (Å²) >= 11 is 0. The summed E-state index contributed by atoms with van der Waals surface area (Å²) < 4.78 is 10.7. The van der Waals surface area contributed by atoms with Crippen molar-refractivity contribution in [3.05, 3.63) is 42.5 Å².